The van der Waals surface area contributed by atoms with Gasteiger partial charge in [-0.1, -0.05) is 12.1 Å². The van der Waals surface area contributed by atoms with Gasteiger partial charge in [0.25, 0.3) is 16.8 Å². The molecule has 0 aliphatic carbocycles. The van der Waals surface area contributed by atoms with Gasteiger partial charge in [-0.15, -0.1) is 0 Å². The summed E-state index contributed by atoms with van der Waals surface area (Å²) in [5.74, 6) is -0.512. The minimum atomic E-state index is -0.550. The third kappa shape index (κ3) is 6.19. The second kappa shape index (κ2) is 10.4. The number of ether oxygens (including phenoxy) is 1. The fourth-order valence-electron chi connectivity index (χ4n) is 2.30. The smallest absolute Gasteiger partial charge is 0.293 e. The van der Waals surface area contributed by atoms with Gasteiger partial charge < -0.3 is 20.3 Å². The molecule has 0 atom stereocenters. The summed E-state index contributed by atoms with van der Waals surface area (Å²) < 4.78 is 4.92. The van der Waals surface area contributed by atoms with E-state index in [1.54, 1.807) is 38.4 Å². The minimum Gasteiger partial charge on any atom is -0.383 e. The molecule has 154 valence electrons. The normalized spacial score (nSPS) is 10.3. The lowest BCUT2D eigenvalue weighted by Crippen LogP contribution is -2.17. The van der Waals surface area contributed by atoms with Crippen LogP contribution in [-0.4, -0.2) is 55.3 Å². The first-order valence-corrected chi connectivity index (χ1v) is 9.46. The SMILES string of the molecule is COCCNc1ccc(C(=O)Nc2ccccc2SC(=O)N(C)C)cc1[N+](=O)[O-]. The fourth-order valence-corrected chi connectivity index (χ4v) is 3.05. The molecule has 29 heavy (non-hydrogen) atoms. The maximum atomic E-state index is 12.7. The molecular weight excluding hydrogens is 396 g/mol. The van der Waals surface area contributed by atoms with Crippen molar-refractivity contribution >= 4 is 40.0 Å². The van der Waals surface area contributed by atoms with E-state index in [-0.39, 0.29) is 16.5 Å². The fraction of sp³-hybridized carbons (Fsp3) is 0.263. The molecule has 0 aliphatic heterocycles. The number of nitrogens with one attached hydrogen (secondary N) is 2. The zero-order valence-corrected chi connectivity index (χ0v) is 17.1. The summed E-state index contributed by atoms with van der Waals surface area (Å²) in [6.45, 7) is 0.785. The molecule has 0 heterocycles. The van der Waals surface area contributed by atoms with Crippen LogP contribution in [0.15, 0.2) is 47.4 Å². The topological polar surface area (TPSA) is 114 Å². The van der Waals surface area contributed by atoms with Gasteiger partial charge in [0, 0.05) is 44.3 Å². The number of nitro benzene ring substituents is 1. The van der Waals surface area contributed by atoms with E-state index >= 15 is 0 Å². The van der Waals surface area contributed by atoms with Crippen molar-refractivity contribution < 1.29 is 19.2 Å². The number of carbonyl (C=O) groups is 2. The van der Waals surface area contributed by atoms with Crippen molar-refractivity contribution in [3.63, 3.8) is 0 Å². The van der Waals surface area contributed by atoms with E-state index in [1.165, 1.54) is 30.2 Å². The van der Waals surface area contributed by atoms with Gasteiger partial charge in [-0.05, 0) is 36.0 Å². The standard InChI is InChI=1S/C19H22N4O5S/c1-22(2)19(25)29-17-7-5-4-6-15(17)21-18(24)13-8-9-14(20-10-11-28-3)16(12-13)23(26)27/h4-9,12,20H,10-11H2,1-3H3,(H,21,24). The molecule has 10 heteroatoms. The number of thioether (sulfide) groups is 1. The summed E-state index contributed by atoms with van der Waals surface area (Å²) in [6, 6.07) is 11.1. The third-order valence-corrected chi connectivity index (χ3v) is 4.89. The molecule has 0 radical (unpaired) electrons. The van der Waals surface area contributed by atoms with Crippen LogP contribution in [0.5, 0.6) is 0 Å². The predicted molar refractivity (Wildman–Crippen MR) is 113 cm³/mol. The second-order valence-electron chi connectivity index (χ2n) is 6.12. The predicted octanol–water partition coefficient (Wildman–Crippen LogP) is 3.68. The first-order chi connectivity index (χ1) is 13.8. The molecule has 2 rings (SSSR count). The lowest BCUT2D eigenvalue weighted by atomic mass is 10.1. The Labute approximate surface area is 172 Å². The monoisotopic (exact) mass is 418 g/mol. The first kappa shape index (κ1) is 22.2. The minimum absolute atomic E-state index is 0.132. The number of methoxy groups -OCH3 is 1. The largest absolute Gasteiger partial charge is 0.383 e. The number of nitrogens with zero attached hydrogens (tertiary/aromatic N) is 2. The van der Waals surface area contributed by atoms with E-state index in [0.29, 0.717) is 29.4 Å². The highest BCUT2D eigenvalue weighted by molar-refractivity contribution is 8.13. The number of amides is 2. The van der Waals surface area contributed by atoms with Crippen LogP contribution < -0.4 is 10.6 Å². The number of carbonyl (C=O) groups excluding carboxylic acids is 2. The van der Waals surface area contributed by atoms with Gasteiger partial charge in [0.2, 0.25) is 0 Å². The Bertz CT molecular complexity index is 904. The molecule has 9 nitrogen and oxygen atoms in total. The van der Waals surface area contributed by atoms with Crippen molar-refractivity contribution in [1.82, 2.24) is 4.90 Å². The summed E-state index contributed by atoms with van der Waals surface area (Å²) >= 11 is 0.979. The van der Waals surface area contributed by atoms with Crippen molar-refractivity contribution in [2.45, 2.75) is 4.90 Å². The van der Waals surface area contributed by atoms with Crippen LogP contribution in [0.3, 0.4) is 0 Å². The molecule has 0 spiro atoms. The quantitative estimate of drug-likeness (QED) is 0.291. The van der Waals surface area contributed by atoms with E-state index in [0.717, 1.165) is 11.8 Å². The van der Waals surface area contributed by atoms with Gasteiger partial charge in [0.05, 0.1) is 17.2 Å². The van der Waals surface area contributed by atoms with Crippen molar-refractivity contribution in [1.29, 1.82) is 0 Å². The Kier molecular flexibility index (Phi) is 7.98. The summed E-state index contributed by atoms with van der Waals surface area (Å²) in [7, 11) is 4.81. The van der Waals surface area contributed by atoms with Gasteiger partial charge >= 0.3 is 0 Å². The third-order valence-electron chi connectivity index (χ3n) is 3.78. The molecule has 2 N–H and O–H groups in total. The molecule has 0 saturated carbocycles. The van der Waals surface area contributed by atoms with Gasteiger partial charge in [-0.3, -0.25) is 19.7 Å². The van der Waals surface area contributed by atoms with Crippen LogP contribution in [0.4, 0.5) is 21.9 Å². The van der Waals surface area contributed by atoms with E-state index < -0.39 is 10.8 Å². The maximum absolute atomic E-state index is 12.7. The Morgan fingerprint density at radius 3 is 2.55 bits per heavy atom. The van der Waals surface area contributed by atoms with Gasteiger partial charge in [0.1, 0.15) is 5.69 Å². The molecular formula is C19H22N4O5S. The molecule has 0 fully saturated rings. The van der Waals surface area contributed by atoms with E-state index in [1.807, 2.05) is 0 Å². The van der Waals surface area contributed by atoms with E-state index in [2.05, 4.69) is 10.6 Å². The Morgan fingerprint density at radius 1 is 1.17 bits per heavy atom. The molecule has 0 saturated heterocycles. The van der Waals surface area contributed by atoms with Crippen molar-refractivity contribution in [2.75, 3.05) is 45.0 Å². The highest BCUT2D eigenvalue weighted by atomic mass is 32.2. The zero-order chi connectivity index (χ0) is 21.4. The van der Waals surface area contributed by atoms with Crippen LogP contribution in [0, 0.1) is 10.1 Å². The number of hydrogen-bond acceptors (Lipinski definition) is 7. The molecule has 0 unspecified atom stereocenters. The number of benzene rings is 2. The lowest BCUT2D eigenvalue weighted by molar-refractivity contribution is -0.384. The number of para-hydroxylation sites is 1. The molecule has 0 bridgehead atoms. The molecule has 0 aromatic heterocycles. The Morgan fingerprint density at radius 2 is 1.90 bits per heavy atom. The van der Waals surface area contributed by atoms with Crippen LogP contribution in [-0.2, 0) is 4.74 Å². The molecule has 2 amide bonds. The first-order valence-electron chi connectivity index (χ1n) is 8.64. The second-order valence-corrected chi connectivity index (χ2v) is 7.11. The summed E-state index contributed by atoms with van der Waals surface area (Å²) in [6.07, 6.45) is 0. The highest BCUT2D eigenvalue weighted by Crippen LogP contribution is 2.30. The van der Waals surface area contributed by atoms with Crippen molar-refractivity contribution in [3.8, 4) is 0 Å². The van der Waals surface area contributed by atoms with Crippen LogP contribution in [0.25, 0.3) is 0 Å². The lowest BCUT2D eigenvalue weighted by Gasteiger charge is -2.13. The van der Waals surface area contributed by atoms with Crippen LogP contribution >= 0.6 is 11.8 Å². The number of nitro groups is 1. The number of anilines is 2. The van der Waals surface area contributed by atoms with Gasteiger partial charge in [-0.25, -0.2) is 0 Å². The average molecular weight is 418 g/mol. The zero-order valence-electron chi connectivity index (χ0n) is 16.3. The molecule has 2 aromatic carbocycles. The average Bonchev–Trinajstić information content (AvgIpc) is 2.69. The summed E-state index contributed by atoms with van der Waals surface area (Å²) in [5, 5.41) is 16.8. The van der Waals surface area contributed by atoms with E-state index in [4.69, 9.17) is 4.74 Å². The Balaban J connectivity index is 2.22. The van der Waals surface area contributed by atoms with Crippen LogP contribution in [0.2, 0.25) is 0 Å². The van der Waals surface area contributed by atoms with Crippen molar-refractivity contribution in [2.24, 2.45) is 0 Å². The highest BCUT2D eigenvalue weighted by Gasteiger charge is 2.19. The maximum Gasteiger partial charge on any atom is 0.293 e. The summed E-state index contributed by atoms with van der Waals surface area (Å²) in [4.78, 5) is 37.5. The van der Waals surface area contributed by atoms with Crippen molar-refractivity contribution in [3.05, 3.63) is 58.1 Å². The summed E-state index contributed by atoms with van der Waals surface area (Å²) in [5.41, 5.74) is 0.672. The van der Waals surface area contributed by atoms with E-state index in [9.17, 15) is 19.7 Å². The van der Waals surface area contributed by atoms with Gasteiger partial charge in [0.15, 0.2) is 0 Å². The number of hydrogen-bond donors (Lipinski definition) is 2. The van der Waals surface area contributed by atoms with Crippen LogP contribution in [0.1, 0.15) is 10.4 Å². The molecule has 0 aliphatic rings. The number of rotatable bonds is 8. The van der Waals surface area contributed by atoms with Gasteiger partial charge in [-0.2, -0.15) is 0 Å². The Hall–Kier alpha value is -3.11. The molecule has 2 aromatic rings.